The number of nitrogen functional groups attached to an aromatic ring is 1. The molecule has 240 valence electrons. The second kappa shape index (κ2) is 16.2. The van der Waals surface area contributed by atoms with E-state index in [0.29, 0.717) is 43.1 Å². The maximum absolute atomic E-state index is 13.5. The number of aliphatic carboxylic acids is 1. The van der Waals surface area contributed by atoms with Gasteiger partial charge in [-0.2, -0.15) is 26.3 Å². The molecule has 5 nitrogen and oxygen atoms in total. The Morgan fingerprint density at radius 1 is 0.844 bits per heavy atom. The second-order valence-corrected chi connectivity index (χ2v) is 10.3. The highest BCUT2D eigenvalue weighted by Gasteiger charge is 2.38. The van der Waals surface area contributed by atoms with Crippen molar-refractivity contribution in [1.29, 1.82) is 0 Å². The molecule has 0 spiro atoms. The molecule has 0 saturated carbocycles. The minimum absolute atomic E-state index is 0.0248. The number of carboxylic acid groups (broad SMARTS) is 1. The van der Waals surface area contributed by atoms with Crippen LogP contribution in [0.15, 0.2) is 103 Å². The van der Waals surface area contributed by atoms with E-state index in [-0.39, 0.29) is 17.5 Å². The highest BCUT2D eigenvalue weighted by Crippen LogP contribution is 2.37. The Morgan fingerprint density at radius 2 is 1.40 bits per heavy atom. The molecule has 0 fully saturated rings. The molecular formula is C33H31ClF6N2O3. The van der Waals surface area contributed by atoms with E-state index < -0.39 is 23.9 Å². The van der Waals surface area contributed by atoms with Crippen LogP contribution in [0.1, 0.15) is 34.6 Å². The third kappa shape index (κ3) is 11.3. The number of nitrogens with two attached hydrogens (primary N) is 1. The van der Waals surface area contributed by atoms with Crippen molar-refractivity contribution in [2.45, 2.75) is 31.2 Å². The van der Waals surface area contributed by atoms with Crippen LogP contribution in [-0.4, -0.2) is 41.8 Å². The zero-order chi connectivity index (χ0) is 33.0. The molecule has 4 aromatic rings. The van der Waals surface area contributed by atoms with Crippen molar-refractivity contribution in [3.63, 3.8) is 0 Å². The van der Waals surface area contributed by atoms with Crippen molar-refractivity contribution >= 4 is 23.3 Å². The predicted molar refractivity (Wildman–Crippen MR) is 161 cm³/mol. The summed E-state index contributed by atoms with van der Waals surface area (Å²) in [5.41, 5.74) is 8.36. The first kappa shape index (κ1) is 35.3. The van der Waals surface area contributed by atoms with Crippen LogP contribution >= 0.6 is 11.6 Å². The molecule has 0 aliphatic carbocycles. The van der Waals surface area contributed by atoms with Gasteiger partial charge in [0.2, 0.25) is 0 Å². The number of anilines is 1. The van der Waals surface area contributed by atoms with Gasteiger partial charge in [0.15, 0.2) is 0 Å². The molecule has 4 rings (SSSR count). The van der Waals surface area contributed by atoms with Gasteiger partial charge >= 0.3 is 18.3 Å². The Hall–Kier alpha value is -4.22. The Kier molecular flexibility index (Phi) is 12.7. The number of hydrogen-bond acceptors (Lipinski definition) is 4. The van der Waals surface area contributed by atoms with Crippen molar-refractivity contribution in [3.05, 3.63) is 130 Å². The molecule has 12 heteroatoms. The summed E-state index contributed by atoms with van der Waals surface area (Å²) in [6, 6.07) is 31.6. The van der Waals surface area contributed by atoms with Gasteiger partial charge in [0.1, 0.15) is 5.75 Å². The zero-order valence-electron chi connectivity index (χ0n) is 23.9. The summed E-state index contributed by atoms with van der Waals surface area (Å²) in [6.07, 6.45) is -8.93. The number of carbonyl (C=O) groups is 1. The average molecular weight is 653 g/mol. The summed E-state index contributed by atoms with van der Waals surface area (Å²) in [7, 11) is 0. The lowest BCUT2D eigenvalue weighted by molar-refractivity contribution is -0.192. The quantitative estimate of drug-likeness (QED) is 0.0963. The van der Waals surface area contributed by atoms with Gasteiger partial charge in [-0.15, -0.1) is 0 Å². The van der Waals surface area contributed by atoms with Gasteiger partial charge in [-0.3, -0.25) is 4.90 Å². The molecule has 0 radical (unpaired) electrons. The number of benzene rings is 4. The van der Waals surface area contributed by atoms with E-state index in [4.69, 9.17) is 32.0 Å². The van der Waals surface area contributed by atoms with Crippen molar-refractivity contribution < 1.29 is 41.0 Å². The van der Waals surface area contributed by atoms with Gasteiger partial charge in [-0.1, -0.05) is 90.5 Å². The fourth-order valence-electron chi connectivity index (χ4n) is 4.51. The van der Waals surface area contributed by atoms with Gasteiger partial charge in [-0.05, 0) is 41.3 Å². The molecule has 3 N–H and O–H groups in total. The Bertz CT molecular complexity index is 1460. The van der Waals surface area contributed by atoms with E-state index in [1.807, 2.05) is 48.5 Å². The monoisotopic (exact) mass is 652 g/mol. The average Bonchev–Trinajstić information content (AvgIpc) is 2.99. The van der Waals surface area contributed by atoms with E-state index in [1.54, 1.807) is 18.2 Å². The number of carboxylic acids is 1. The number of ether oxygens (including phenoxy) is 1. The molecule has 0 aliphatic rings. The molecule has 45 heavy (non-hydrogen) atoms. The molecular weight excluding hydrogens is 622 g/mol. The van der Waals surface area contributed by atoms with E-state index >= 15 is 0 Å². The highest BCUT2D eigenvalue weighted by molar-refractivity contribution is 6.32. The molecule has 0 bridgehead atoms. The first-order chi connectivity index (χ1) is 21.3. The number of nitrogens with zero attached hydrogens (tertiary/aromatic N) is 1. The zero-order valence-corrected chi connectivity index (χ0v) is 24.6. The van der Waals surface area contributed by atoms with Crippen LogP contribution in [-0.2, 0) is 17.5 Å². The second-order valence-electron chi connectivity index (χ2n) is 9.96. The number of hydrogen-bond donors (Lipinski definition) is 2. The minimum Gasteiger partial charge on any atom is -0.493 e. The maximum Gasteiger partial charge on any atom is 0.490 e. The van der Waals surface area contributed by atoms with E-state index in [0.717, 1.165) is 17.2 Å². The van der Waals surface area contributed by atoms with Gasteiger partial charge in [-0.25, -0.2) is 4.79 Å². The van der Waals surface area contributed by atoms with Gasteiger partial charge in [0.25, 0.3) is 0 Å². The lowest BCUT2D eigenvalue weighted by atomic mass is 9.90. The maximum atomic E-state index is 13.5. The third-order valence-electron chi connectivity index (χ3n) is 6.61. The SMILES string of the molecule is Nc1cccc(OCCCN(Cc2cccc(C(F)(F)F)c2Cl)CC(c2ccccc2)c2ccccc2)c1.O=C(O)C(F)(F)F. The van der Waals surface area contributed by atoms with E-state index in [1.165, 1.54) is 6.07 Å². The normalized spacial score (nSPS) is 11.7. The number of halogens is 7. The first-order valence-corrected chi connectivity index (χ1v) is 14.1. The molecule has 4 aromatic carbocycles. The molecule has 0 amide bonds. The molecule has 0 aliphatic heterocycles. The summed E-state index contributed by atoms with van der Waals surface area (Å²) >= 11 is 6.28. The van der Waals surface area contributed by atoms with Gasteiger partial charge in [0.05, 0.1) is 17.2 Å². The van der Waals surface area contributed by atoms with Crippen LogP contribution in [0.2, 0.25) is 5.02 Å². The lowest BCUT2D eigenvalue weighted by Gasteiger charge is -2.29. The third-order valence-corrected chi connectivity index (χ3v) is 7.06. The van der Waals surface area contributed by atoms with Crippen molar-refractivity contribution in [3.8, 4) is 5.75 Å². The fraction of sp³-hybridized carbons (Fsp3) is 0.242. The summed E-state index contributed by atoms with van der Waals surface area (Å²) < 4.78 is 78.2. The molecule has 0 saturated heterocycles. The van der Waals surface area contributed by atoms with Crippen LogP contribution in [0, 0.1) is 0 Å². The predicted octanol–water partition coefficient (Wildman–Crippen LogP) is 8.68. The Morgan fingerprint density at radius 3 is 1.91 bits per heavy atom. The van der Waals surface area contributed by atoms with Crippen molar-refractivity contribution in [1.82, 2.24) is 4.90 Å². The summed E-state index contributed by atoms with van der Waals surface area (Å²) in [6.45, 7) is 1.92. The summed E-state index contributed by atoms with van der Waals surface area (Å²) in [5, 5.41) is 6.87. The fourth-order valence-corrected chi connectivity index (χ4v) is 4.80. The smallest absolute Gasteiger partial charge is 0.490 e. The molecule has 0 heterocycles. The van der Waals surface area contributed by atoms with E-state index in [2.05, 4.69) is 29.2 Å². The molecule has 0 aromatic heterocycles. The van der Waals surface area contributed by atoms with Crippen LogP contribution in [0.4, 0.5) is 32.0 Å². The largest absolute Gasteiger partial charge is 0.493 e. The minimum atomic E-state index is -5.08. The number of rotatable bonds is 11. The van der Waals surface area contributed by atoms with E-state index in [9.17, 15) is 26.3 Å². The Labute approximate surface area is 261 Å². The summed E-state index contributed by atoms with van der Waals surface area (Å²) in [5.74, 6) is -2.05. The standard InChI is InChI=1S/C31H30ClF3N2O.C2HF3O2/c32-30-25(14-7-17-29(30)31(33,34)35)21-37(18-9-19-38-27-16-8-15-26(36)20-27)22-28(23-10-3-1-4-11-23)24-12-5-2-6-13-24;3-2(4,5)1(6)7/h1-8,10-17,20,28H,9,18-19,21-22,36H2;(H,6,7). The lowest BCUT2D eigenvalue weighted by Crippen LogP contribution is -2.31. The van der Waals surface area contributed by atoms with Gasteiger partial charge < -0.3 is 15.6 Å². The van der Waals surface area contributed by atoms with Crippen molar-refractivity contribution in [2.75, 3.05) is 25.4 Å². The van der Waals surface area contributed by atoms with Crippen LogP contribution in [0.25, 0.3) is 0 Å². The topological polar surface area (TPSA) is 75.8 Å². The number of alkyl halides is 6. The Balaban J connectivity index is 0.000000707. The van der Waals surface area contributed by atoms with Gasteiger partial charge in [0, 0.05) is 37.3 Å². The highest BCUT2D eigenvalue weighted by atomic mass is 35.5. The first-order valence-electron chi connectivity index (χ1n) is 13.7. The summed E-state index contributed by atoms with van der Waals surface area (Å²) in [4.78, 5) is 11.0. The van der Waals surface area contributed by atoms with Crippen LogP contribution in [0.3, 0.4) is 0 Å². The van der Waals surface area contributed by atoms with Crippen molar-refractivity contribution in [2.24, 2.45) is 0 Å². The molecule has 0 unspecified atom stereocenters. The van der Waals surface area contributed by atoms with Crippen LogP contribution in [0.5, 0.6) is 5.75 Å². The van der Waals surface area contributed by atoms with Crippen LogP contribution < -0.4 is 10.5 Å². The molecule has 0 atom stereocenters.